The highest BCUT2D eigenvalue weighted by Gasteiger charge is 2.53. The molecule has 1 N–H and O–H groups in total. The third-order valence-corrected chi connectivity index (χ3v) is 5.11. The van der Waals surface area contributed by atoms with Gasteiger partial charge in [-0.3, -0.25) is 14.4 Å². The van der Waals surface area contributed by atoms with Gasteiger partial charge in [-0.15, -0.1) is 0 Å². The molecule has 1 aromatic heterocycles. The molecule has 0 bridgehead atoms. The van der Waals surface area contributed by atoms with E-state index >= 15 is 0 Å². The zero-order valence-corrected chi connectivity index (χ0v) is 16.4. The van der Waals surface area contributed by atoms with E-state index in [2.05, 4.69) is 10.4 Å². The number of benzene rings is 2. The average Bonchev–Trinajstić information content (AvgIpc) is 3.25. The van der Waals surface area contributed by atoms with Crippen LogP contribution in [0.3, 0.4) is 0 Å². The van der Waals surface area contributed by atoms with Crippen molar-refractivity contribution in [1.29, 1.82) is 0 Å². The van der Waals surface area contributed by atoms with Gasteiger partial charge < -0.3 is 5.32 Å². The second-order valence-electron chi connectivity index (χ2n) is 7.32. The minimum Gasteiger partial charge on any atom is -0.315 e. The first kappa shape index (κ1) is 18.9. The Balaban J connectivity index is 1.65. The summed E-state index contributed by atoms with van der Waals surface area (Å²) in [4.78, 5) is 29.7. The number of nitrogens with one attached hydrogen (secondary N) is 1. The molecule has 2 heterocycles. The highest BCUT2D eigenvalue weighted by atomic mass is 16.2. The van der Waals surface area contributed by atoms with Crippen molar-refractivity contribution >= 4 is 11.9 Å². The van der Waals surface area contributed by atoms with Crippen LogP contribution in [0.4, 0.5) is 4.79 Å². The molecule has 29 heavy (non-hydrogen) atoms. The van der Waals surface area contributed by atoms with E-state index in [1.807, 2.05) is 85.9 Å². The van der Waals surface area contributed by atoms with Crippen LogP contribution in [0, 0.1) is 0 Å². The Kier molecular flexibility index (Phi) is 4.90. The van der Waals surface area contributed by atoms with Gasteiger partial charge in [0, 0.05) is 25.4 Å². The van der Waals surface area contributed by atoms with Crippen molar-refractivity contribution in [3.8, 4) is 0 Å². The SMILES string of the molecule is CN(Cc1cnn(C)c1)CN1C(=O)NC(c2ccccc2)(c2ccccc2)C1=O. The average molecular weight is 389 g/mol. The second kappa shape index (κ2) is 7.52. The molecule has 2 aromatic carbocycles. The molecule has 7 heteroatoms. The third kappa shape index (κ3) is 3.40. The van der Waals surface area contributed by atoms with E-state index in [9.17, 15) is 9.59 Å². The van der Waals surface area contributed by atoms with Crippen LogP contribution in [-0.2, 0) is 23.9 Å². The van der Waals surface area contributed by atoms with Crippen LogP contribution in [-0.4, -0.2) is 45.2 Å². The summed E-state index contributed by atoms with van der Waals surface area (Å²) in [6, 6.07) is 18.3. The van der Waals surface area contributed by atoms with E-state index < -0.39 is 11.6 Å². The number of amides is 3. The lowest BCUT2D eigenvalue weighted by atomic mass is 9.83. The molecule has 1 aliphatic heterocycles. The fraction of sp³-hybridized carbons (Fsp3) is 0.227. The molecule has 7 nitrogen and oxygen atoms in total. The summed E-state index contributed by atoms with van der Waals surface area (Å²) in [5.74, 6) is -0.280. The van der Waals surface area contributed by atoms with Crippen LogP contribution >= 0.6 is 0 Å². The monoisotopic (exact) mass is 389 g/mol. The van der Waals surface area contributed by atoms with E-state index in [0.29, 0.717) is 6.54 Å². The van der Waals surface area contributed by atoms with Gasteiger partial charge in [0.15, 0.2) is 5.54 Å². The van der Waals surface area contributed by atoms with Gasteiger partial charge in [-0.05, 0) is 18.2 Å². The molecule has 1 fully saturated rings. The van der Waals surface area contributed by atoms with Crippen LogP contribution in [0.5, 0.6) is 0 Å². The maximum Gasteiger partial charge on any atom is 0.326 e. The second-order valence-corrected chi connectivity index (χ2v) is 7.32. The molecule has 0 unspecified atom stereocenters. The summed E-state index contributed by atoms with van der Waals surface area (Å²) in [5, 5.41) is 7.13. The predicted molar refractivity (Wildman–Crippen MR) is 109 cm³/mol. The minimum absolute atomic E-state index is 0.182. The predicted octanol–water partition coefficient (Wildman–Crippen LogP) is 2.31. The quantitative estimate of drug-likeness (QED) is 0.657. The van der Waals surface area contributed by atoms with Crippen molar-refractivity contribution in [2.24, 2.45) is 7.05 Å². The lowest BCUT2D eigenvalue weighted by Gasteiger charge is -2.28. The van der Waals surface area contributed by atoms with Crippen LogP contribution in [0.25, 0.3) is 0 Å². The molecule has 1 saturated heterocycles. The van der Waals surface area contributed by atoms with Gasteiger partial charge >= 0.3 is 6.03 Å². The number of aryl methyl sites for hydroxylation is 1. The standard InChI is InChI=1S/C22H23N5O2/c1-25(14-17-13-23-26(2)15-17)16-27-20(28)22(24-21(27)29,18-9-5-3-6-10-18)19-11-7-4-8-12-19/h3-13,15H,14,16H2,1-2H3,(H,24,29). The van der Waals surface area contributed by atoms with Crippen LogP contribution in [0.2, 0.25) is 0 Å². The van der Waals surface area contributed by atoms with E-state index in [1.54, 1.807) is 10.9 Å². The van der Waals surface area contributed by atoms with Gasteiger partial charge in [0.05, 0.1) is 12.9 Å². The molecule has 3 aromatic rings. The summed E-state index contributed by atoms with van der Waals surface area (Å²) < 4.78 is 1.73. The van der Waals surface area contributed by atoms with Gasteiger partial charge in [0.2, 0.25) is 0 Å². The van der Waals surface area contributed by atoms with Crippen molar-refractivity contribution < 1.29 is 9.59 Å². The number of hydrogen-bond donors (Lipinski definition) is 1. The van der Waals surface area contributed by atoms with Crippen LogP contribution in [0.15, 0.2) is 73.1 Å². The molecule has 1 aliphatic rings. The van der Waals surface area contributed by atoms with Crippen molar-refractivity contribution in [3.63, 3.8) is 0 Å². The molecule has 4 rings (SSSR count). The highest BCUT2D eigenvalue weighted by molar-refractivity contribution is 6.09. The maximum atomic E-state index is 13.6. The number of carbonyl (C=O) groups excluding carboxylic acids is 2. The summed E-state index contributed by atoms with van der Waals surface area (Å²) in [7, 11) is 3.73. The largest absolute Gasteiger partial charge is 0.326 e. The van der Waals surface area contributed by atoms with E-state index in [4.69, 9.17) is 0 Å². The molecule has 0 saturated carbocycles. The van der Waals surface area contributed by atoms with Gasteiger partial charge in [0.25, 0.3) is 5.91 Å². The van der Waals surface area contributed by atoms with Gasteiger partial charge in [0.1, 0.15) is 0 Å². The molecule has 3 amide bonds. The smallest absolute Gasteiger partial charge is 0.315 e. The Hall–Kier alpha value is -3.45. The van der Waals surface area contributed by atoms with Crippen LogP contribution < -0.4 is 5.32 Å². The zero-order chi connectivity index (χ0) is 20.4. The normalized spacial score (nSPS) is 15.8. The zero-order valence-electron chi connectivity index (χ0n) is 16.4. The van der Waals surface area contributed by atoms with Gasteiger partial charge in [-0.2, -0.15) is 5.10 Å². The Morgan fingerprint density at radius 2 is 1.59 bits per heavy atom. The Bertz CT molecular complexity index is 976. The lowest BCUT2D eigenvalue weighted by molar-refractivity contribution is -0.131. The first-order valence-electron chi connectivity index (χ1n) is 9.42. The number of imide groups is 1. The molecule has 0 radical (unpaired) electrons. The Morgan fingerprint density at radius 3 is 2.10 bits per heavy atom. The maximum absolute atomic E-state index is 13.6. The number of rotatable bonds is 6. The molecule has 148 valence electrons. The fourth-order valence-corrected chi connectivity index (χ4v) is 3.80. The van der Waals surface area contributed by atoms with Gasteiger partial charge in [-0.1, -0.05) is 60.7 Å². The summed E-state index contributed by atoms with van der Waals surface area (Å²) in [5.41, 5.74) is 1.26. The minimum atomic E-state index is -1.23. The van der Waals surface area contributed by atoms with Crippen molar-refractivity contribution in [2.75, 3.05) is 13.7 Å². The van der Waals surface area contributed by atoms with E-state index in [0.717, 1.165) is 16.7 Å². The molecule has 0 spiro atoms. The molecule has 0 aliphatic carbocycles. The Morgan fingerprint density at radius 1 is 1.00 bits per heavy atom. The first-order chi connectivity index (χ1) is 14.0. The Labute approximate surface area is 169 Å². The summed E-state index contributed by atoms with van der Waals surface area (Å²) in [6.45, 7) is 0.759. The number of carbonyl (C=O) groups is 2. The third-order valence-electron chi connectivity index (χ3n) is 5.11. The highest BCUT2D eigenvalue weighted by Crippen LogP contribution is 2.36. The van der Waals surface area contributed by atoms with Crippen molar-refractivity contribution in [1.82, 2.24) is 24.9 Å². The summed E-state index contributed by atoms with van der Waals surface area (Å²) >= 11 is 0. The van der Waals surface area contributed by atoms with Crippen LogP contribution in [0.1, 0.15) is 16.7 Å². The lowest BCUT2D eigenvalue weighted by Crippen LogP contribution is -2.46. The molecule has 0 atom stereocenters. The first-order valence-corrected chi connectivity index (χ1v) is 9.42. The van der Waals surface area contributed by atoms with Crippen molar-refractivity contribution in [3.05, 3.63) is 89.7 Å². The molecular weight excluding hydrogens is 366 g/mol. The number of nitrogens with zero attached hydrogens (tertiary/aromatic N) is 4. The van der Waals surface area contributed by atoms with E-state index in [-0.39, 0.29) is 12.6 Å². The summed E-state index contributed by atoms with van der Waals surface area (Å²) in [6.07, 6.45) is 3.70. The topological polar surface area (TPSA) is 70.5 Å². The number of hydrogen-bond acceptors (Lipinski definition) is 4. The fourth-order valence-electron chi connectivity index (χ4n) is 3.80. The van der Waals surface area contributed by atoms with Crippen molar-refractivity contribution in [2.45, 2.75) is 12.1 Å². The number of urea groups is 1. The molecular formula is C22H23N5O2. The number of aromatic nitrogens is 2. The van der Waals surface area contributed by atoms with E-state index in [1.165, 1.54) is 4.90 Å². The van der Waals surface area contributed by atoms with Gasteiger partial charge in [-0.25, -0.2) is 9.69 Å².